The molecule has 1 aromatic heterocycles. The molecular formula is C27H22FN5O2S. The van der Waals surface area contributed by atoms with Crippen LogP contribution in [-0.4, -0.2) is 22.6 Å². The van der Waals surface area contributed by atoms with Crippen molar-refractivity contribution in [3.63, 3.8) is 0 Å². The van der Waals surface area contributed by atoms with Crippen LogP contribution in [0.2, 0.25) is 0 Å². The lowest BCUT2D eigenvalue weighted by Crippen LogP contribution is -2.31. The van der Waals surface area contributed by atoms with E-state index >= 15 is 0 Å². The summed E-state index contributed by atoms with van der Waals surface area (Å²) in [6.07, 6.45) is 3.22. The van der Waals surface area contributed by atoms with Gasteiger partial charge in [0.05, 0.1) is 28.3 Å². The first kappa shape index (κ1) is 24.7. The minimum atomic E-state index is -0.648. The van der Waals surface area contributed by atoms with Gasteiger partial charge in [-0.3, -0.25) is 14.6 Å². The molecule has 0 radical (unpaired) electrons. The molecule has 2 aromatic carbocycles. The third-order valence-electron chi connectivity index (χ3n) is 5.44. The van der Waals surface area contributed by atoms with Crippen molar-refractivity contribution < 1.29 is 14.0 Å². The van der Waals surface area contributed by atoms with E-state index in [9.17, 15) is 19.2 Å². The average Bonchev–Trinajstić information content (AvgIpc) is 2.89. The van der Waals surface area contributed by atoms with E-state index < -0.39 is 11.7 Å². The number of allylic oxidation sites excluding steroid dienone is 2. The van der Waals surface area contributed by atoms with Gasteiger partial charge in [0.2, 0.25) is 5.91 Å². The molecule has 36 heavy (non-hydrogen) atoms. The first-order chi connectivity index (χ1) is 17.5. The monoisotopic (exact) mass is 499 g/mol. The number of hydrogen-bond acceptors (Lipinski definition) is 6. The number of thioether (sulfide) groups is 1. The van der Waals surface area contributed by atoms with Gasteiger partial charge in [-0.1, -0.05) is 30.0 Å². The SMILES string of the molecule is CC1=C(C(=O)Nc2ccccc2)C(c2ccncc2)C(C#N)=C(SCC(=O)Nc2ccc(F)cc2)N1. The molecule has 1 aliphatic heterocycles. The van der Waals surface area contributed by atoms with Crippen LogP contribution in [0.1, 0.15) is 18.4 Å². The molecule has 0 saturated heterocycles. The van der Waals surface area contributed by atoms with Crippen LogP contribution >= 0.6 is 11.8 Å². The number of benzene rings is 2. The van der Waals surface area contributed by atoms with E-state index in [-0.39, 0.29) is 17.6 Å². The van der Waals surface area contributed by atoms with Crippen LogP contribution in [0.25, 0.3) is 0 Å². The Morgan fingerprint density at radius 3 is 2.36 bits per heavy atom. The van der Waals surface area contributed by atoms with E-state index in [2.05, 4.69) is 27.0 Å². The minimum Gasteiger partial charge on any atom is -0.353 e. The molecule has 1 atom stereocenters. The molecule has 9 heteroatoms. The fraction of sp³-hybridized carbons (Fsp3) is 0.111. The van der Waals surface area contributed by atoms with Gasteiger partial charge in [-0.15, -0.1) is 0 Å². The van der Waals surface area contributed by atoms with Crippen LogP contribution in [0, 0.1) is 17.1 Å². The van der Waals surface area contributed by atoms with Gasteiger partial charge in [-0.2, -0.15) is 5.26 Å². The summed E-state index contributed by atoms with van der Waals surface area (Å²) in [5.41, 5.74) is 3.14. The summed E-state index contributed by atoms with van der Waals surface area (Å²) in [7, 11) is 0. The molecule has 2 heterocycles. The van der Waals surface area contributed by atoms with E-state index in [1.54, 1.807) is 43.6 Å². The lowest BCUT2D eigenvalue weighted by molar-refractivity contribution is -0.114. The lowest BCUT2D eigenvalue weighted by Gasteiger charge is -2.29. The van der Waals surface area contributed by atoms with Gasteiger partial charge in [-0.05, 0) is 61.0 Å². The number of hydrogen-bond donors (Lipinski definition) is 3. The number of para-hydroxylation sites is 1. The molecule has 0 fully saturated rings. The number of aromatic nitrogens is 1. The van der Waals surface area contributed by atoms with Gasteiger partial charge in [0.15, 0.2) is 0 Å². The molecule has 4 rings (SSSR count). The summed E-state index contributed by atoms with van der Waals surface area (Å²) in [6, 6.07) is 20.3. The van der Waals surface area contributed by atoms with Crippen molar-refractivity contribution in [1.29, 1.82) is 5.26 Å². The summed E-state index contributed by atoms with van der Waals surface area (Å²) in [6.45, 7) is 1.77. The Kier molecular flexibility index (Phi) is 7.78. The number of dihydropyridines is 1. The molecule has 7 nitrogen and oxygen atoms in total. The molecule has 0 aliphatic carbocycles. The zero-order valence-corrected chi connectivity index (χ0v) is 20.1. The van der Waals surface area contributed by atoms with Crippen molar-refractivity contribution >= 4 is 35.0 Å². The second-order valence-electron chi connectivity index (χ2n) is 7.90. The quantitative estimate of drug-likeness (QED) is 0.426. The number of carbonyl (C=O) groups is 2. The number of anilines is 2. The second-order valence-corrected chi connectivity index (χ2v) is 8.88. The van der Waals surface area contributed by atoms with E-state index in [0.717, 1.165) is 17.3 Å². The maximum atomic E-state index is 13.4. The molecule has 2 amide bonds. The number of rotatable bonds is 7. The predicted molar refractivity (Wildman–Crippen MR) is 138 cm³/mol. The van der Waals surface area contributed by atoms with Crippen LogP contribution in [0.3, 0.4) is 0 Å². The van der Waals surface area contributed by atoms with Crippen molar-refractivity contribution in [2.45, 2.75) is 12.8 Å². The summed E-state index contributed by atoms with van der Waals surface area (Å²) >= 11 is 1.16. The van der Waals surface area contributed by atoms with Crippen molar-refractivity contribution in [3.8, 4) is 6.07 Å². The zero-order chi connectivity index (χ0) is 25.5. The average molecular weight is 500 g/mol. The molecule has 0 bridgehead atoms. The Morgan fingerprint density at radius 1 is 1.03 bits per heavy atom. The number of nitrogens with zero attached hydrogens (tertiary/aromatic N) is 2. The number of pyridine rings is 1. The van der Waals surface area contributed by atoms with Gasteiger partial charge in [0, 0.05) is 35.0 Å². The van der Waals surface area contributed by atoms with Crippen LogP contribution in [-0.2, 0) is 9.59 Å². The van der Waals surface area contributed by atoms with Crippen molar-refractivity contribution in [3.05, 3.63) is 112 Å². The Morgan fingerprint density at radius 2 is 1.69 bits per heavy atom. The normalized spacial score (nSPS) is 15.1. The standard InChI is InChI=1S/C27H22FN5O2S/c1-17-24(26(35)33-20-5-3-2-4-6-20)25(18-11-13-30-14-12-18)22(15-29)27(31-17)36-16-23(34)32-21-9-7-19(28)8-10-21/h2-14,25,31H,16H2,1H3,(H,32,34)(H,33,35). The highest BCUT2D eigenvalue weighted by atomic mass is 32.2. The molecule has 0 saturated carbocycles. The number of nitriles is 1. The Balaban J connectivity index is 1.60. The Bertz CT molecular complexity index is 1370. The fourth-order valence-corrected chi connectivity index (χ4v) is 4.70. The first-order valence-corrected chi connectivity index (χ1v) is 12.0. The van der Waals surface area contributed by atoms with Crippen molar-refractivity contribution in [2.75, 3.05) is 16.4 Å². The van der Waals surface area contributed by atoms with Crippen LogP contribution in [0.4, 0.5) is 15.8 Å². The van der Waals surface area contributed by atoms with Gasteiger partial charge in [-0.25, -0.2) is 4.39 Å². The van der Waals surface area contributed by atoms with Crippen molar-refractivity contribution in [2.24, 2.45) is 0 Å². The summed E-state index contributed by atoms with van der Waals surface area (Å²) in [5, 5.41) is 19.4. The second kappa shape index (κ2) is 11.3. The largest absolute Gasteiger partial charge is 0.353 e. The van der Waals surface area contributed by atoms with Gasteiger partial charge in [0.1, 0.15) is 5.82 Å². The number of amides is 2. The summed E-state index contributed by atoms with van der Waals surface area (Å²) < 4.78 is 13.1. The van der Waals surface area contributed by atoms with Gasteiger partial charge < -0.3 is 16.0 Å². The third kappa shape index (κ3) is 5.79. The molecule has 3 N–H and O–H groups in total. The van der Waals surface area contributed by atoms with E-state index in [4.69, 9.17) is 0 Å². The van der Waals surface area contributed by atoms with E-state index in [1.807, 2.05) is 18.2 Å². The minimum absolute atomic E-state index is 0.00673. The van der Waals surface area contributed by atoms with E-state index in [1.165, 1.54) is 24.3 Å². The molecule has 1 unspecified atom stereocenters. The predicted octanol–water partition coefficient (Wildman–Crippen LogP) is 4.93. The molecule has 1 aliphatic rings. The fourth-order valence-electron chi connectivity index (χ4n) is 3.80. The molecule has 180 valence electrons. The number of carbonyl (C=O) groups excluding carboxylic acids is 2. The van der Waals surface area contributed by atoms with Gasteiger partial charge in [0.25, 0.3) is 5.91 Å². The zero-order valence-electron chi connectivity index (χ0n) is 19.3. The Hall–Kier alpha value is -4.42. The lowest BCUT2D eigenvalue weighted by atomic mass is 9.82. The smallest absolute Gasteiger partial charge is 0.254 e. The topological polar surface area (TPSA) is 107 Å². The molecular weight excluding hydrogens is 477 g/mol. The highest BCUT2D eigenvalue weighted by Gasteiger charge is 2.34. The van der Waals surface area contributed by atoms with Gasteiger partial charge >= 0.3 is 0 Å². The highest BCUT2D eigenvalue weighted by Crippen LogP contribution is 2.40. The maximum Gasteiger partial charge on any atom is 0.254 e. The summed E-state index contributed by atoms with van der Waals surface area (Å²) in [5.74, 6) is -1.68. The first-order valence-electron chi connectivity index (χ1n) is 11.0. The van der Waals surface area contributed by atoms with Crippen molar-refractivity contribution in [1.82, 2.24) is 10.3 Å². The van der Waals surface area contributed by atoms with E-state index in [0.29, 0.717) is 33.2 Å². The maximum absolute atomic E-state index is 13.4. The number of nitrogens with one attached hydrogen (secondary N) is 3. The van der Waals surface area contributed by atoms with Crippen LogP contribution in [0.5, 0.6) is 0 Å². The third-order valence-corrected chi connectivity index (χ3v) is 6.46. The summed E-state index contributed by atoms with van der Waals surface area (Å²) in [4.78, 5) is 29.9. The Labute approximate surface area is 212 Å². The van der Waals surface area contributed by atoms with Crippen LogP contribution in [0.15, 0.2) is 101 Å². The number of halogens is 1. The highest BCUT2D eigenvalue weighted by molar-refractivity contribution is 8.03. The molecule has 0 spiro atoms. The molecule has 3 aromatic rings. The van der Waals surface area contributed by atoms with Crippen LogP contribution < -0.4 is 16.0 Å².